The average molecular weight is 677 g/mol. The zero-order valence-corrected chi connectivity index (χ0v) is 26.4. The first-order valence-electron chi connectivity index (χ1n) is 16.0. The van der Waals surface area contributed by atoms with Crippen LogP contribution in [0.25, 0.3) is 0 Å². The molecule has 5 fully saturated rings. The quantitative estimate of drug-likeness (QED) is 0.183. The number of ketones is 1. The molecule has 0 aromatic heterocycles. The first-order valence-corrected chi connectivity index (χ1v) is 16.0. The highest BCUT2D eigenvalue weighted by atomic mass is 16.7. The topological polar surface area (TPSA) is 228 Å². The molecule has 2 saturated carbocycles. The van der Waals surface area contributed by atoms with Crippen LogP contribution in [0.15, 0.2) is 42.2 Å². The number of hydrogen-bond acceptors (Lipinski definition) is 15. The molecule has 1 spiro atoms. The monoisotopic (exact) mass is 676 g/mol. The fourth-order valence-corrected chi connectivity index (χ4v) is 9.82. The lowest BCUT2D eigenvalue weighted by Crippen LogP contribution is -2.79. The molecule has 1 aromatic rings. The second-order valence-corrected chi connectivity index (χ2v) is 14.0. The normalized spacial score (nSPS) is 49.2. The fourth-order valence-electron chi connectivity index (χ4n) is 9.82. The number of hydrogen-bond donors (Lipinski definition) is 6. The van der Waals surface area contributed by atoms with E-state index in [1.807, 2.05) is 0 Å². The third-order valence-corrected chi connectivity index (χ3v) is 11.9. The minimum atomic E-state index is -2.21. The van der Waals surface area contributed by atoms with Gasteiger partial charge in [-0.05, 0) is 36.0 Å². The Morgan fingerprint density at radius 2 is 1.69 bits per heavy atom. The summed E-state index contributed by atoms with van der Waals surface area (Å²) < 4.78 is 35.0. The van der Waals surface area contributed by atoms with Gasteiger partial charge in [-0.15, -0.1) is 0 Å². The zero-order valence-electron chi connectivity index (χ0n) is 26.4. The highest BCUT2D eigenvalue weighted by Crippen LogP contribution is 2.72. The van der Waals surface area contributed by atoms with E-state index in [1.165, 1.54) is 6.08 Å². The van der Waals surface area contributed by atoms with Crippen LogP contribution in [0.2, 0.25) is 0 Å². The summed E-state index contributed by atoms with van der Waals surface area (Å²) in [5, 5.41) is 64.8. The Morgan fingerprint density at radius 3 is 2.35 bits per heavy atom. The lowest BCUT2D eigenvalue weighted by atomic mass is 9.38. The number of carbonyl (C=O) groups is 3. The largest absolute Gasteiger partial charge is 0.478 e. The standard InChI is InChI=1S/C33H40O15/c1-13-15-9-18-32-12-44-33(30(42)43-3,26(32)24(28(41)48-18)45-14-7-5-4-6-8-14)27(40)23(39)25(32)31(15,2)10-16(19(13)35)46-29-22(38)21(37)20(36)17(11-34)47-29/h4-8,10,13,15,17-18,20-27,29,34,36-40H,9,11-12H2,1-3H3/t13-,15+,17-,18+,20+,21-,22+,23+,24-,25+,26+,27-,29+,31-,32+,33-/m0/s1. The van der Waals surface area contributed by atoms with Crippen molar-refractivity contribution in [3.63, 3.8) is 0 Å². The molecule has 15 nitrogen and oxygen atoms in total. The van der Waals surface area contributed by atoms with Gasteiger partial charge in [0.2, 0.25) is 18.0 Å². The molecule has 3 aliphatic carbocycles. The van der Waals surface area contributed by atoms with E-state index in [0.717, 1.165) is 7.11 Å². The number of allylic oxidation sites excluding steroid dienone is 2. The molecule has 2 bridgehead atoms. The summed E-state index contributed by atoms with van der Waals surface area (Å²) in [7, 11) is 1.11. The van der Waals surface area contributed by atoms with E-state index >= 15 is 0 Å². The van der Waals surface area contributed by atoms with E-state index in [1.54, 1.807) is 44.2 Å². The Hall–Kier alpha value is -3.15. The second-order valence-electron chi connectivity index (χ2n) is 14.0. The third-order valence-electron chi connectivity index (χ3n) is 11.9. The second kappa shape index (κ2) is 11.5. The van der Waals surface area contributed by atoms with Crippen molar-refractivity contribution in [1.82, 2.24) is 0 Å². The van der Waals surface area contributed by atoms with Crippen LogP contribution in [-0.2, 0) is 38.1 Å². The molecule has 16 atom stereocenters. The van der Waals surface area contributed by atoms with E-state index in [4.69, 9.17) is 28.4 Å². The van der Waals surface area contributed by atoms with Gasteiger partial charge in [-0.3, -0.25) is 4.79 Å². The van der Waals surface area contributed by atoms with Crippen LogP contribution in [0.4, 0.5) is 0 Å². The molecule has 6 N–H and O–H groups in total. The third kappa shape index (κ3) is 4.25. The van der Waals surface area contributed by atoms with E-state index in [2.05, 4.69) is 0 Å². The van der Waals surface area contributed by atoms with Gasteiger partial charge in [-0.25, -0.2) is 9.59 Å². The smallest absolute Gasteiger partial charge is 0.348 e. The van der Waals surface area contributed by atoms with Gasteiger partial charge in [0.25, 0.3) is 0 Å². The average Bonchev–Trinajstić information content (AvgIpc) is 3.38. The van der Waals surface area contributed by atoms with Gasteiger partial charge in [0.1, 0.15) is 42.4 Å². The molecule has 3 saturated heterocycles. The maximum atomic E-state index is 13.8. The van der Waals surface area contributed by atoms with Crippen molar-refractivity contribution in [1.29, 1.82) is 0 Å². The number of aliphatic hydroxyl groups is 6. The van der Waals surface area contributed by atoms with E-state index in [0.29, 0.717) is 0 Å². The fraction of sp³-hybridized carbons (Fsp3) is 0.667. The summed E-state index contributed by atoms with van der Waals surface area (Å²) in [5.41, 5.74) is -4.75. The number of methoxy groups -OCH3 is 1. The van der Waals surface area contributed by atoms with Gasteiger partial charge < -0.3 is 59.1 Å². The highest BCUT2D eigenvalue weighted by molar-refractivity contribution is 5.96. The van der Waals surface area contributed by atoms with Crippen molar-refractivity contribution in [2.45, 2.75) is 81.0 Å². The van der Waals surface area contributed by atoms with Crippen LogP contribution in [0, 0.1) is 34.5 Å². The van der Waals surface area contributed by atoms with Crippen molar-refractivity contribution in [2.24, 2.45) is 34.5 Å². The number of para-hydroxylation sites is 1. The molecular weight excluding hydrogens is 636 g/mol. The van der Waals surface area contributed by atoms with Crippen molar-refractivity contribution in [3.05, 3.63) is 42.2 Å². The molecule has 3 heterocycles. The maximum absolute atomic E-state index is 13.8. The molecule has 0 radical (unpaired) electrons. The van der Waals surface area contributed by atoms with E-state index < -0.39 is 120 Å². The Kier molecular flexibility index (Phi) is 7.96. The van der Waals surface area contributed by atoms with Crippen molar-refractivity contribution in [3.8, 4) is 5.75 Å². The number of rotatable bonds is 6. The van der Waals surface area contributed by atoms with Crippen LogP contribution in [-0.4, -0.2) is 129 Å². The summed E-state index contributed by atoms with van der Waals surface area (Å²) in [6.45, 7) is 2.47. The minimum Gasteiger partial charge on any atom is -0.478 e. The van der Waals surface area contributed by atoms with Crippen LogP contribution in [0.3, 0.4) is 0 Å². The Bertz CT molecular complexity index is 1500. The zero-order chi connectivity index (χ0) is 34.5. The molecule has 6 aliphatic rings. The van der Waals surface area contributed by atoms with Gasteiger partial charge >= 0.3 is 11.9 Å². The predicted octanol–water partition coefficient (Wildman–Crippen LogP) is -1.80. The minimum absolute atomic E-state index is 0.119. The molecule has 3 aliphatic heterocycles. The number of fused-ring (bicyclic) bond motifs is 2. The van der Waals surface area contributed by atoms with Crippen molar-refractivity contribution >= 4 is 17.7 Å². The van der Waals surface area contributed by atoms with Crippen LogP contribution < -0.4 is 4.74 Å². The Labute approximate surface area is 274 Å². The van der Waals surface area contributed by atoms with Crippen LogP contribution >= 0.6 is 0 Å². The molecule has 15 heteroatoms. The molecule has 0 amide bonds. The number of ether oxygens (including phenoxy) is 6. The van der Waals surface area contributed by atoms with E-state index in [-0.39, 0.29) is 24.5 Å². The highest BCUT2D eigenvalue weighted by Gasteiger charge is 2.85. The van der Waals surface area contributed by atoms with Crippen LogP contribution in [0.1, 0.15) is 20.3 Å². The SMILES string of the molecule is COC(=O)[C@@]12OC[C@]34[C@H]([C@@H](O)[C@@H]1O)[C@@]1(C)C=C(O[C@@H]5O[C@@H](CO)[C@@H](O)[C@H](O)[C@H]5O)C(=O)[C@@H](C)[C@H]1C[C@H]3OC(=O)[C@@H](Oc1ccccc1)[C@@H]24. The number of aliphatic hydroxyl groups excluding tert-OH is 6. The summed E-state index contributed by atoms with van der Waals surface area (Å²) in [6.07, 6.45) is -12.6. The lowest BCUT2D eigenvalue weighted by molar-refractivity contribution is -0.295. The summed E-state index contributed by atoms with van der Waals surface area (Å²) in [5.74, 6) is -5.91. The molecule has 0 unspecified atom stereocenters. The van der Waals surface area contributed by atoms with Gasteiger partial charge in [-0.1, -0.05) is 32.0 Å². The number of esters is 2. The Morgan fingerprint density at radius 1 is 0.979 bits per heavy atom. The number of Topliss-reactive ketones (excluding diaryl/α,β-unsaturated/α-hetero) is 1. The lowest BCUT2D eigenvalue weighted by Gasteiger charge is -2.67. The predicted molar refractivity (Wildman–Crippen MR) is 156 cm³/mol. The molecular formula is C33H40O15. The molecule has 48 heavy (non-hydrogen) atoms. The van der Waals surface area contributed by atoms with E-state index in [9.17, 15) is 45.0 Å². The number of carbonyl (C=O) groups excluding carboxylic acids is 3. The molecule has 262 valence electrons. The van der Waals surface area contributed by atoms with Crippen LogP contribution in [0.5, 0.6) is 5.75 Å². The van der Waals surface area contributed by atoms with Gasteiger partial charge in [-0.2, -0.15) is 0 Å². The van der Waals surface area contributed by atoms with Gasteiger partial charge in [0.15, 0.2) is 11.5 Å². The van der Waals surface area contributed by atoms with Crippen molar-refractivity contribution in [2.75, 3.05) is 20.3 Å². The first kappa shape index (κ1) is 33.4. The molecule has 7 rings (SSSR count). The number of benzene rings is 1. The van der Waals surface area contributed by atoms with Gasteiger partial charge in [0.05, 0.1) is 32.3 Å². The van der Waals surface area contributed by atoms with Gasteiger partial charge in [0, 0.05) is 17.3 Å². The summed E-state index contributed by atoms with van der Waals surface area (Å²) in [4.78, 5) is 41.3. The first-order chi connectivity index (χ1) is 22.8. The summed E-state index contributed by atoms with van der Waals surface area (Å²) >= 11 is 0. The Balaban J connectivity index is 1.35. The summed E-state index contributed by atoms with van der Waals surface area (Å²) in [6, 6.07) is 8.39. The van der Waals surface area contributed by atoms with Crippen molar-refractivity contribution < 1.29 is 73.4 Å². The molecule has 1 aromatic carbocycles. The maximum Gasteiger partial charge on any atom is 0.348 e.